The molecule has 1 aliphatic rings. The van der Waals surface area contributed by atoms with Crippen molar-refractivity contribution >= 4 is 23.0 Å². The topological polar surface area (TPSA) is 97.0 Å². The zero-order valence-electron chi connectivity index (χ0n) is 28.0. The van der Waals surface area contributed by atoms with E-state index < -0.39 is 30.3 Å². The summed E-state index contributed by atoms with van der Waals surface area (Å²) < 4.78 is 54.7. The third-order valence-corrected chi connectivity index (χ3v) is 7.05. The number of halogens is 3. The van der Waals surface area contributed by atoms with Crippen LogP contribution in [0.3, 0.4) is 0 Å². The molecule has 1 aliphatic heterocycles. The lowest BCUT2D eigenvalue weighted by Gasteiger charge is -2.35. The Morgan fingerprint density at radius 2 is 1.59 bits per heavy atom. The monoisotopic (exact) mass is 646 g/mol. The summed E-state index contributed by atoms with van der Waals surface area (Å²) in [5.41, 5.74) is 2.67. The highest BCUT2D eigenvalue weighted by Crippen LogP contribution is 2.34. The number of alkyl halides is 3. The van der Waals surface area contributed by atoms with Gasteiger partial charge in [-0.2, -0.15) is 18.4 Å². The van der Waals surface area contributed by atoms with Gasteiger partial charge >= 0.3 is 18.2 Å². The predicted molar refractivity (Wildman–Crippen MR) is 171 cm³/mol. The lowest BCUT2D eigenvalue weighted by atomic mass is 10.0. The minimum Gasteiger partial charge on any atom is -0.496 e. The van der Waals surface area contributed by atoms with Crippen LogP contribution in [0.4, 0.5) is 18.0 Å². The number of esters is 1. The molecule has 0 atom stereocenters. The number of aryl methyl sites for hydroxylation is 1. The van der Waals surface area contributed by atoms with Crippen LogP contribution < -0.4 is 4.74 Å². The average Bonchev–Trinajstić information content (AvgIpc) is 3.48. The summed E-state index contributed by atoms with van der Waals surface area (Å²) in [6.07, 6.45) is -3.63. The van der Waals surface area contributed by atoms with Crippen LogP contribution in [0.25, 0.3) is 10.9 Å². The molecule has 1 fully saturated rings. The molecule has 0 N–H and O–H groups in total. The van der Waals surface area contributed by atoms with Crippen LogP contribution in [0, 0.1) is 18.3 Å². The second-order valence-electron chi connectivity index (χ2n) is 11.4. The van der Waals surface area contributed by atoms with E-state index in [1.807, 2.05) is 64.6 Å². The molecule has 2 heterocycles. The van der Waals surface area contributed by atoms with Crippen molar-refractivity contribution in [1.82, 2.24) is 14.4 Å². The van der Waals surface area contributed by atoms with Crippen molar-refractivity contribution in [2.24, 2.45) is 0 Å². The molecule has 0 spiro atoms. The second-order valence-corrected chi connectivity index (χ2v) is 11.4. The fourth-order valence-electron chi connectivity index (χ4n) is 4.92. The fraction of sp³-hybridized carbons (Fsp3) is 0.500. The molecule has 1 saturated heterocycles. The zero-order valence-corrected chi connectivity index (χ0v) is 28.0. The summed E-state index contributed by atoms with van der Waals surface area (Å²) in [6, 6.07) is 12.2. The zero-order chi connectivity index (χ0) is 34.7. The highest BCUT2D eigenvalue weighted by molar-refractivity contribution is 5.95. The van der Waals surface area contributed by atoms with Crippen LogP contribution in [0.1, 0.15) is 68.1 Å². The van der Waals surface area contributed by atoms with E-state index in [2.05, 4.69) is 9.64 Å². The summed E-state index contributed by atoms with van der Waals surface area (Å²) >= 11 is 0. The molecule has 0 unspecified atom stereocenters. The van der Waals surface area contributed by atoms with Gasteiger partial charge in [-0.15, -0.1) is 0 Å². The van der Waals surface area contributed by atoms with Gasteiger partial charge in [-0.25, -0.2) is 9.59 Å². The Kier molecular flexibility index (Phi) is 14.1. The number of fused-ring (bicyclic) bond motifs is 1. The van der Waals surface area contributed by atoms with Gasteiger partial charge in [0.05, 0.1) is 37.3 Å². The maximum absolute atomic E-state index is 12.7. The minimum atomic E-state index is -4.13. The molecular weight excluding hydrogens is 601 g/mol. The largest absolute Gasteiger partial charge is 0.496 e. The summed E-state index contributed by atoms with van der Waals surface area (Å²) in [6.45, 7) is 14.5. The summed E-state index contributed by atoms with van der Waals surface area (Å²) in [5, 5.41) is 9.51. The normalized spacial score (nSPS) is 13.9. The smallest absolute Gasteiger partial charge is 0.419 e. The quantitative estimate of drug-likeness (QED) is 0.260. The molecule has 0 aliphatic carbocycles. The number of rotatable bonds is 6. The number of aromatic nitrogens is 1. The first-order chi connectivity index (χ1) is 21.7. The molecule has 12 heteroatoms. The Morgan fingerprint density at radius 3 is 2.13 bits per heavy atom. The van der Waals surface area contributed by atoms with E-state index in [0.717, 1.165) is 27.8 Å². The number of ether oxygens (including phenoxy) is 3. The number of methoxy groups -OCH3 is 2. The van der Waals surface area contributed by atoms with Crippen molar-refractivity contribution in [3.63, 3.8) is 0 Å². The van der Waals surface area contributed by atoms with E-state index in [-0.39, 0.29) is 6.54 Å². The number of benzene rings is 2. The number of carbonyl (C=O) groups excluding carboxylic acids is 2. The Morgan fingerprint density at radius 1 is 0.978 bits per heavy atom. The number of carbonyl (C=O) groups is 2. The molecule has 2 aromatic carbocycles. The minimum absolute atomic E-state index is 0.0359. The summed E-state index contributed by atoms with van der Waals surface area (Å²) in [7, 11) is 2.90. The molecule has 0 saturated carbocycles. The van der Waals surface area contributed by atoms with Crippen molar-refractivity contribution < 1.29 is 37.0 Å². The highest BCUT2D eigenvalue weighted by atomic mass is 19.4. The van der Waals surface area contributed by atoms with Crippen molar-refractivity contribution in [3.8, 4) is 11.8 Å². The number of nitrogens with zero attached hydrogens (tertiary/aromatic N) is 4. The highest BCUT2D eigenvalue weighted by Gasteiger charge is 2.29. The van der Waals surface area contributed by atoms with E-state index in [9.17, 15) is 22.8 Å². The molecule has 9 nitrogen and oxygen atoms in total. The number of hydrogen-bond acceptors (Lipinski definition) is 8. The number of hydrogen-bond donors (Lipinski definition) is 0. The Balaban J connectivity index is 0.000000439. The van der Waals surface area contributed by atoms with Gasteiger partial charge in [-0.3, -0.25) is 9.47 Å². The van der Waals surface area contributed by atoms with Crippen LogP contribution in [0.2, 0.25) is 0 Å². The van der Waals surface area contributed by atoms with Crippen LogP contribution in [0.5, 0.6) is 5.75 Å². The van der Waals surface area contributed by atoms with Crippen LogP contribution in [-0.4, -0.2) is 85.2 Å². The fourth-order valence-corrected chi connectivity index (χ4v) is 4.92. The first kappa shape index (κ1) is 38.1. The van der Waals surface area contributed by atoms with Crippen molar-refractivity contribution in [2.75, 3.05) is 46.9 Å². The second kappa shape index (κ2) is 17.0. The van der Waals surface area contributed by atoms with Crippen molar-refractivity contribution in [3.05, 3.63) is 64.8 Å². The van der Waals surface area contributed by atoms with E-state index in [4.69, 9.17) is 14.7 Å². The molecule has 3 aromatic rings. The van der Waals surface area contributed by atoms with E-state index in [0.29, 0.717) is 43.9 Å². The van der Waals surface area contributed by atoms with Crippen molar-refractivity contribution in [2.45, 2.75) is 66.3 Å². The lowest BCUT2D eigenvalue weighted by molar-refractivity contribution is -0.138. The van der Waals surface area contributed by atoms with Crippen LogP contribution in [0.15, 0.2) is 42.6 Å². The molecule has 0 amide bonds. The van der Waals surface area contributed by atoms with Gasteiger partial charge < -0.3 is 19.1 Å². The maximum atomic E-state index is 12.7. The Labute approximate surface area is 269 Å². The predicted octanol–water partition coefficient (Wildman–Crippen LogP) is 7.18. The van der Waals surface area contributed by atoms with Crippen LogP contribution in [-0.2, 0) is 16.0 Å². The van der Waals surface area contributed by atoms with Crippen molar-refractivity contribution in [1.29, 1.82) is 5.26 Å². The van der Waals surface area contributed by atoms with Gasteiger partial charge in [0, 0.05) is 56.4 Å². The van der Waals surface area contributed by atoms with Gasteiger partial charge in [0.25, 0.3) is 0 Å². The van der Waals surface area contributed by atoms with E-state index in [1.165, 1.54) is 11.7 Å². The molecule has 0 bridgehead atoms. The maximum Gasteiger partial charge on any atom is 0.419 e. The molecule has 4 rings (SSSR count). The third-order valence-electron chi connectivity index (χ3n) is 7.05. The molecular formula is C34H45F3N4O5. The van der Waals surface area contributed by atoms with Gasteiger partial charge in [-0.1, -0.05) is 26.0 Å². The number of nitriles is 1. The SMILES string of the molecule is CC.COC(=O)c1ccccc1C#N.COc1cc(C)c2c(ccn2C(=O)OC(C)(C)C)c1CN1CCN(CCC(F)(F)F)CC1. The Bertz CT molecular complexity index is 1500. The van der Waals surface area contributed by atoms with Crippen LogP contribution >= 0.6 is 0 Å². The first-order valence-corrected chi connectivity index (χ1v) is 15.2. The third kappa shape index (κ3) is 10.8. The Hall–Kier alpha value is -4.08. The van der Waals surface area contributed by atoms with Gasteiger partial charge in [0.1, 0.15) is 17.4 Å². The van der Waals surface area contributed by atoms with E-state index >= 15 is 0 Å². The molecule has 46 heavy (non-hydrogen) atoms. The molecule has 252 valence electrons. The standard InChI is InChI=1S/C23H32F3N3O3.C9H7NO2.C2H6/c1-16-14-19(31-5)18(15-28-12-10-27(11-13-28)9-7-23(24,25)26)17-6-8-29(20(16)17)21(30)32-22(2,3)4;1-12-9(11)8-5-3-2-4-7(8)6-10;1-2/h6,8,14H,7,9-13,15H2,1-5H3;2-5H,1H3;1-2H3. The average molecular weight is 647 g/mol. The summed E-state index contributed by atoms with van der Waals surface area (Å²) in [5.74, 6) is 0.253. The number of piperazine rings is 1. The van der Waals surface area contributed by atoms with E-state index in [1.54, 1.807) is 37.6 Å². The molecule has 1 aromatic heterocycles. The molecule has 0 radical (unpaired) electrons. The summed E-state index contributed by atoms with van der Waals surface area (Å²) in [4.78, 5) is 27.8. The van der Waals surface area contributed by atoms with Gasteiger partial charge in [0.15, 0.2) is 0 Å². The van der Waals surface area contributed by atoms with Gasteiger partial charge in [0.2, 0.25) is 0 Å². The lowest BCUT2D eigenvalue weighted by Crippen LogP contribution is -2.46. The first-order valence-electron chi connectivity index (χ1n) is 15.2. The van der Waals surface area contributed by atoms with Gasteiger partial charge in [-0.05, 0) is 57.5 Å².